The SMILES string of the molecule is CCOc1cc([C@H]2/C(=C(\O)c3ccc4c(c3)OCCO4)C(=O)C(=O)N2CCCn2ccnc2)ccc1OCc1ccccc1. The molecule has 0 unspecified atom stereocenters. The number of likely N-dealkylation sites (tertiary alicyclic amines) is 1. The Kier molecular flexibility index (Phi) is 8.49. The standard InChI is InChI=1S/C34H33N3O7/c1-2-41-28-19-24(9-11-27(28)44-21-23-7-4-3-5-8-23)31-30(32(38)25-10-12-26-29(20-25)43-18-17-42-26)33(39)34(40)37(31)15-6-14-36-16-13-35-22-36/h3-5,7-13,16,19-20,22,31,38H,2,6,14-15,17-18,21H2,1H3/b32-30+/t31-/m0/s1. The summed E-state index contributed by atoms with van der Waals surface area (Å²) in [5, 5.41) is 11.6. The van der Waals surface area contributed by atoms with Gasteiger partial charge in [-0.1, -0.05) is 36.4 Å². The Bertz CT molecular complexity index is 1670. The van der Waals surface area contributed by atoms with Crippen molar-refractivity contribution in [3.63, 3.8) is 0 Å². The molecule has 3 aromatic carbocycles. The van der Waals surface area contributed by atoms with Crippen LogP contribution in [0.5, 0.6) is 23.0 Å². The molecular weight excluding hydrogens is 562 g/mol. The molecule has 0 aliphatic carbocycles. The van der Waals surface area contributed by atoms with Gasteiger partial charge in [0.1, 0.15) is 25.6 Å². The van der Waals surface area contributed by atoms with Gasteiger partial charge in [0.25, 0.3) is 11.7 Å². The largest absolute Gasteiger partial charge is 0.507 e. The van der Waals surface area contributed by atoms with E-state index in [0.717, 1.165) is 5.56 Å². The van der Waals surface area contributed by atoms with Crippen molar-refractivity contribution in [2.45, 2.75) is 32.5 Å². The number of carbonyl (C=O) groups is 2. The van der Waals surface area contributed by atoms with Crippen LogP contribution in [0.4, 0.5) is 0 Å². The lowest BCUT2D eigenvalue weighted by atomic mass is 9.94. The van der Waals surface area contributed by atoms with Gasteiger partial charge in [-0.25, -0.2) is 4.98 Å². The molecule has 1 N–H and O–H groups in total. The van der Waals surface area contributed by atoms with Gasteiger partial charge in [-0.15, -0.1) is 0 Å². The van der Waals surface area contributed by atoms with Crippen LogP contribution in [0.15, 0.2) is 91.0 Å². The molecule has 10 nitrogen and oxygen atoms in total. The van der Waals surface area contributed by atoms with E-state index in [9.17, 15) is 14.7 Å². The Morgan fingerprint density at radius 2 is 1.77 bits per heavy atom. The number of fused-ring (bicyclic) bond motifs is 1. The molecule has 1 amide bonds. The molecule has 1 saturated heterocycles. The van der Waals surface area contributed by atoms with Crippen molar-refractivity contribution in [2.75, 3.05) is 26.4 Å². The lowest BCUT2D eigenvalue weighted by Crippen LogP contribution is -2.31. The zero-order chi connectivity index (χ0) is 30.5. The predicted octanol–water partition coefficient (Wildman–Crippen LogP) is 5.14. The van der Waals surface area contributed by atoms with Gasteiger partial charge in [-0.05, 0) is 54.8 Å². The molecular formula is C34H33N3O7. The fourth-order valence-corrected chi connectivity index (χ4v) is 5.46. The summed E-state index contributed by atoms with van der Waals surface area (Å²) in [6, 6.07) is 19.3. The minimum absolute atomic E-state index is 0.00490. The lowest BCUT2D eigenvalue weighted by molar-refractivity contribution is -0.139. The van der Waals surface area contributed by atoms with Crippen molar-refractivity contribution in [1.29, 1.82) is 0 Å². The van der Waals surface area contributed by atoms with Gasteiger partial charge in [-0.3, -0.25) is 9.59 Å². The third-order valence-electron chi connectivity index (χ3n) is 7.55. The molecule has 1 atom stereocenters. The number of hydrogen-bond donors (Lipinski definition) is 1. The molecule has 2 aliphatic heterocycles. The third kappa shape index (κ3) is 5.96. The number of aromatic nitrogens is 2. The summed E-state index contributed by atoms with van der Waals surface area (Å²) in [7, 11) is 0. The highest BCUT2D eigenvalue weighted by Gasteiger charge is 2.46. The highest BCUT2D eigenvalue weighted by molar-refractivity contribution is 6.46. The Hall–Kier alpha value is -5.25. The number of ether oxygens (including phenoxy) is 4. The fraction of sp³-hybridized carbons (Fsp3) is 0.265. The van der Waals surface area contributed by atoms with Gasteiger partial charge in [0, 0.05) is 31.0 Å². The number of Topliss-reactive ketones (excluding diaryl/α,β-unsaturated/α-hetero) is 1. The number of benzene rings is 3. The predicted molar refractivity (Wildman–Crippen MR) is 162 cm³/mol. The van der Waals surface area contributed by atoms with Crippen LogP contribution in [0.2, 0.25) is 0 Å². The number of aliphatic hydroxyl groups is 1. The van der Waals surface area contributed by atoms with E-state index in [4.69, 9.17) is 18.9 Å². The van der Waals surface area contributed by atoms with Gasteiger partial charge in [0.05, 0.1) is 24.5 Å². The molecule has 2 aliphatic rings. The van der Waals surface area contributed by atoms with Crippen molar-refractivity contribution in [2.24, 2.45) is 0 Å². The monoisotopic (exact) mass is 595 g/mol. The first kappa shape index (κ1) is 28.9. The van der Waals surface area contributed by atoms with Crippen LogP contribution in [0.3, 0.4) is 0 Å². The maximum atomic E-state index is 13.6. The third-order valence-corrected chi connectivity index (χ3v) is 7.55. The quantitative estimate of drug-likeness (QED) is 0.144. The average Bonchev–Trinajstić information content (AvgIpc) is 3.66. The second kappa shape index (κ2) is 12.9. The van der Waals surface area contributed by atoms with Crippen molar-refractivity contribution >= 4 is 17.4 Å². The van der Waals surface area contributed by atoms with Crippen molar-refractivity contribution < 1.29 is 33.6 Å². The molecule has 44 heavy (non-hydrogen) atoms. The maximum Gasteiger partial charge on any atom is 0.295 e. The molecule has 3 heterocycles. The van der Waals surface area contributed by atoms with E-state index in [2.05, 4.69) is 4.98 Å². The first-order chi connectivity index (χ1) is 21.5. The number of nitrogens with zero attached hydrogens (tertiary/aromatic N) is 3. The number of aryl methyl sites for hydroxylation is 1. The fourth-order valence-electron chi connectivity index (χ4n) is 5.46. The number of ketones is 1. The molecule has 0 saturated carbocycles. The second-order valence-electron chi connectivity index (χ2n) is 10.4. The second-order valence-corrected chi connectivity index (χ2v) is 10.4. The number of carbonyl (C=O) groups excluding carboxylic acids is 2. The summed E-state index contributed by atoms with van der Waals surface area (Å²) in [4.78, 5) is 32.7. The normalized spacial score (nSPS) is 17.1. The number of amides is 1. The Morgan fingerprint density at radius 3 is 2.55 bits per heavy atom. The topological polar surface area (TPSA) is 112 Å². The van der Waals surface area contributed by atoms with E-state index in [1.807, 2.05) is 48.0 Å². The Morgan fingerprint density at radius 1 is 0.955 bits per heavy atom. The molecule has 226 valence electrons. The van der Waals surface area contributed by atoms with Gasteiger partial charge >= 0.3 is 0 Å². The first-order valence-electron chi connectivity index (χ1n) is 14.6. The molecule has 6 rings (SSSR count). The van der Waals surface area contributed by atoms with Crippen LogP contribution in [-0.2, 0) is 22.7 Å². The number of imidazole rings is 1. The van der Waals surface area contributed by atoms with Crippen LogP contribution in [0, 0.1) is 0 Å². The van der Waals surface area contributed by atoms with Gasteiger partial charge < -0.3 is 33.5 Å². The lowest BCUT2D eigenvalue weighted by Gasteiger charge is -2.26. The first-order valence-corrected chi connectivity index (χ1v) is 14.6. The van der Waals surface area contributed by atoms with Gasteiger partial charge in [0.2, 0.25) is 0 Å². The Balaban J connectivity index is 1.37. The average molecular weight is 596 g/mol. The zero-order valence-corrected chi connectivity index (χ0v) is 24.3. The summed E-state index contributed by atoms with van der Waals surface area (Å²) in [6.07, 6.45) is 5.81. The smallest absolute Gasteiger partial charge is 0.295 e. The summed E-state index contributed by atoms with van der Waals surface area (Å²) in [6.45, 7) is 4.28. The van der Waals surface area contributed by atoms with Gasteiger partial charge in [-0.2, -0.15) is 0 Å². The van der Waals surface area contributed by atoms with Gasteiger partial charge in [0.15, 0.2) is 23.0 Å². The van der Waals surface area contributed by atoms with E-state index >= 15 is 0 Å². The van der Waals surface area contributed by atoms with Crippen LogP contribution >= 0.6 is 0 Å². The summed E-state index contributed by atoms with van der Waals surface area (Å²) in [5.41, 5.74) is 1.96. The molecule has 1 fully saturated rings. The molecule has 1 aromatic heterocycles. The molecule has 4 aromatic rings. The summed E-state index contributed by atoms with van der Waals surface area (Å²) < 4.78 is 25.3. The van der Waals surface area contributed by atoms with Crippen LogP contribution < -0.4 is 18.9 Å². The minimum Gasteiger partial charge on any atom is -0.507 e. The summed E-state index contributed by atoms with van der Waals surface area (Å²) in [5.74, 6) is 0.300. The van der Waals surface area contributed by atoms with E-state index < -0.39 is 17.7 Å². The van der Waals surface area contributed by atoms with Crippen molar-refractivity contribution in [3.8, 4) is 23.0 Å². The molecule has 0 bridgehead atoms. The highest BCUT2D eigenvalue weighted by atomic mass is 16.6. The molecule has 0 radical (unpaired) electrons. The molecule has 0 spiro atoms. The summed E-state index contributed by atoms with van der Waals surface area (Å²) >= 11 is 0. The minimum atomic E-state index is -0.853. The van der Waals surface area contributed by atoms with Crippen molar-refractivity contribution in [1.82, 2.24) is 14.5 Å². The van der Waals surface area contributed by atoms with Crippen LogP contribution in [0.1, 0.15) is 36.1 Å². The van der Waals surface area contributed by atoms with E-state index in [-0.39, 0.29) is 17.9 Å². The number of hydrogen-bond acceptors (Lipinski definition) is 8. The van der Waals surface area contributed by atoms with Crippen LogP contribution in [0.25, 0.3) is 5.76 Å². The highest BCUT2D eigenvalue weighted by Crippen LogP contribution is 2.43. The maximum absolute atomic E-state index is 13.6. The van der Waals surface area contributed by atoms with E-state index in [0.29, 0.717) is 73.5 Å². The zero-order valence-electron chi connectivity index (χ0n) is 24.3. The van der Waals surface area contributed by atoms with E-state index in [1.165, 1.54) is 4.90 Å². The number of rotatable bonds is 11. The van der Waals surface area contributed by atoms with Crippen molar-refractivity contribution in [3.05, 3.63) is 108 Å². The van der Waals surface area contributed by atoms with Crippen LogP contribution in [-0.4, -0.2) is 57.6 Å². The number of aliphatic hydroxyl groups excluding tert-OH is 1. The Labute approximate surface area is 255 Å². The molecule has 10 heteroatoms. The van der Waals surface area contributed by atoms with E-state index in [1.54, 1.807) is 48.9 Å².